The molecule has 0 saturated carbocycles. The van der Waals surface area contributed by atoms with Crippen molar-refractivity contribution in [2.45, 2.75) is 20.3 Å². The summed E-state index contributed by atoms with van der Waals surface area (Å²) in [5.74, 6) is -1.26. The molecule has 8 nitrogen and oxygen atoms in total. The van der Waals surface area contributed by atoms with Gasteiger partial charge < -0.3 is 26.0 Å². The Morgan fingerprint density at radius 3 is 2.10 bits per heavy atom. The van der Waals surface area contributed by atoms with Gasteiger partial charge in [0.05, 0.1) is 5.92 Å². The third kappa shape index (κ3) is 9.53. The Hall–Kier alpha value is -1.99. The highest BCUT2D eigenvalue weighted by molar-refractivity contribution is 5.76. The molecule has 0 aromatic rings. The van der Waals surface area contributed by atoms with Gasteiger partial charge in [-0.2, -0.15) is 0 Å². The van der Waals surface area contributed by atoms with Crippen LogP contribution in [0, 0.1) is 11.8 Å². The standard InChI is InChI=1S/C13H26N4O4/c1-9(2)7-10(11(18)19)8-16-12(20)14-5-6-15-13(21)17(3)4/h9-10H,5-8H2,1-4H3,(H,15,21)(H,18,19)(H2,14,16,20). The molecule has 1 atom stereocenters. The van der Waals surface area contributed by atoms with Crippen molar-refractivity contribution in [1.29, 1.82) is 0 Å². The number of nitrogens with zero attached hydrogens (tertiary/aromatic N) is 1. The molecule has 0 aromatic heterocycles. The highest BCUT2D eigenvalue weighted by atomic mass is 16.4. The second-order valence-corrected chi connectivity index (χ2v) is 5.43. The number of carbonyl (C=O) groups is 3. The zero-order chi connectivity index (χ0) is 16.4. The molecular weight excluding hydrogens is 276 g/mol. The Kier molecular flexibility index (Phi) is 8.91. The zero-order valence-corrected chi connectivity index (χ0v) is 13.1. The zero-order valence-electron chi connectivity index (χ0n) is 13.1. The fraction of sp³-hybridized carbons (Fsp3) is 0.769. The lowest BCUT2D eigenvalue weighted by atomic mass is 9.97. The molecule has 0 aliphatic heterocycles. The van der Waals surface area contributed by atoms with Gasteiger partial charge in [0.15, 0.2) is 0 Å². The van der Waals surface area contributed by atoms with Crippen molar-refractivity contribution in [3.8, 4) is 0 Å². The summed E-state index contributed by atoms with van der Waals surface area (Å²) in [5.41, 5.74) is 0. The van der Waals surface area contributed by atoms with Gasteiger partial charge >= 0.3 is 18.0 Å². The Balaban J connectivity index is 3.88. The number of rotatable bonds is 8. The number of carboxylic acid groups (broad SMARTS) is 1. The highest BCUT2D eigenvalue weighted by Gasteiger charge is 2.19. The van der Waals surface area contributed by atoms with E-state index < -0.39 is 17.9 Å². The molecule has 4 N–H and O–H groups in total. The summed E-state index contributed by atoms with van der Waals surface area (Å²) in [4.78, 5) is 35.1. The number of hydrogen-bond acceptors (Lipinski definition) is 3. The van der Waals surface area contributed by atoms with Crippen LogP contribution in [-0.4, -0.2) is 61.8 Å². The summed E-state index contributed by atoms with van der Waals surface area (Å²) < 4.78 is 0. The average molecular weight is 302 g/mol. The SMILES string of the molecule is CC(C)CC(CNC(=O)NCCNC(=O)N(C)C)C(=O)O. The molecule has 21 heavy (non-hydrogen) atoms. The molecule has 0 aromatic carbocycles. The van der Waals surface area contributed by atoms with E-state index >= 15 is 0 Å². The number of amides is 4. The fourth-order valence-corrected chi connectivity index (χ4v) is 1.62. The average Bonchev–Trinajstić information content (AvgIpc) is 2.38. The monoisotopic (exact) mass is 302 g/mol. The first kappa shape index (κ1) is 19.0. The normalized spacial score (nSPS) is 11.7. The molecule has 0 aliphatic carbocycles. The van der Waals surface area contributed by atoms with E-state index in [9.17, 15) is 14.4 Å². The van der Waals surface area contributed by atoms with E-state index in [-0.39, 0.29) is 25.0 Å². The number of urea groups is 2. The van der Waals surface area contributed by atoms with Crippen LogP contribution in [0.15, 0.2) is 0 Å². The minimum Gasteiger partial charge on any atom is -0.481 e. The van der Waals surface area contributed by atoms with Crippen molar-refractivity contribution in [3.63, 3.8) is 0 Å². The van der Waals surface area contributed by atoms with Crippen LogP contribution in [0.1, 0.15) is 20.3 Å². The van der Waals surface area contributed by atoms with Crippen LogP contribution in [0.2, 0.25) is 0 Å². The van der Waals surface area contributed by atoms with E-state index in [0.717, 1.165) is 0 Å². The molecule has 0 fully saturated rings. The second kappa shape index (κ2) is 9.84. The van der Waals surface area contributed by atoms with E-state index in [0.29, 0.717) is 13.0 Å². The number of hydrogen-bond donors (Lipinski definition) is 4. The van der Waals surface area contributed by atoms with Crippen molar-refractivity contribution in [2.24, 2.45) is 11.8 Å². The Bertz CT molecular complexity index is 358. The summed E-state index contributed by atoms with van der Waals surface area (Å²) in [5, 5.41) is 16.7. The molecule has 122 valence electrons. The lowest BCUT2D eigenvalue weighted by Crippen LogP contribution is -2.44. The minimum atomic E-state index is -0.915. The second-order valence-electron chi connectivity index (χ2n) is 5.43. The number of carboxylic acids is 1. The lowest BCUT2D eigenvalue weighted by Gasteiger charge is -2.16. The topological polar surface area (TPSA) is 111 Å². The van der Waals surface area contributed by atoms with E-state index in [1.807, 2.05) is 13.8 Å². The maximum Gasteiger partial charge on any atom is 0.316 e. The van der Waals surface area contributed by atoms with Crippen molar-refractivity contribution < 1.29 is 19.5 Å². The van der Waals surface area contributed by atoms with Gasteiger partial charge in [-0.25, -0.2) is 9.59 Å². The summed E-state index contributed by atoms with van der Waals surface area (Å²) in [7, 11) is 3.24. The third-order valence-electron chi connectivity index (χ3n) is 2.71. The van der Waals surface area contributed by atoms with Gasteiger partial charge in [0.2, 0.25) is 0 Å². The third-order valence-corrected chi connectivity index (χ3v) is 2.71. The van der Waals surface area contributed by atoms with E-state index in [4.69, 9.17) is 5.11 Å². The smallest absolute Gasteiger partial charge is 0.316 e. The molecule has 4 amide bonds. The molecule has 0 rings (SSSR count). The molecule has 8 heteroatoms. The van der Waals surface area contributed by atoms with E-state index in [1.165, 1.54) is 4.90 Å². The maximum atomic E-state index is 11.5. The van der Waals surface area contributed by atoms with Crippen LogP contribution in [0.25, 0.3) is 0 Å². The van der Waals surface area contributed by atoms with Gasteiger partial charge in [0.25, 0.3) is 0 Å². The first-order valence-electron chi connectivity index (χ1n) is 6.93. The molecule has 0 bridgehead atoms. The van der Waals surface area contributed by atoms with Crippen LogP contribution in [0.4, 0.5) is 9.59 Å². The maximum absolute atomic E-state index is 11.5. The van der Waals surface area contributed by atoms with E-state index in [2.05, 4.69) is 16.0 Å². The predicted molar refractivity (Wildman–Crippen MR) is 79.1 cm³/mol. The van der Waals surface area contributed by atoms with Gasteiger partial charge in [-0.3, -0.25) is 4.79 Å². The largest absolute Gasteiger partial charge is 0.481 e. The summed E-state index contributed by atoms with van der Waals surface area (Å²) in [6.07, 6.45) is 0.508. The Morgan fingerprint density at radius 2 is 1.62 bits per heavy atom. The van der Waals surface area contributed by atoms with Gasteiger partial charge in [-0.15, -0.1) is 0 Å². The van der Waals surface area contributed by atoms with Gasteiger partial charge in [0.1, 0.15) is 0 Å². The molecule has 0 aliphatic rings. The van der Waals surface area contributed by atoms with Crippen molar-refractivity contribution in [2.75, 3.05) is 33.7 Å². The Labute approximate surface area is 125 Å². The fourth-order valence-electron chi connectivity index (χ4n) is 1.62. The van der Waals surface area contributed by atoms with Crippen molar-refractivity contribution in [3.05, 3.63) is 0 Å². The van der Waals surface area contributed by atoms with Crippen LogP contribution in [0.5, 0.6) is 0 Å². The quantitative estimate of drug-likeness (QED) is 0.483. The van der Waals surface area contributed by atoms with Crippen molar-refractivity contribution >= 4 is 18.0 Å². The molecule has 0 spiro atoms. The molecule has 1 unspecified atom stereocenters. The molecular formula is C13H26N4O4. The number of carbonyl (C=O) groups excluding carboxylic acids is 2. The van der Waals surface area contributed by atoms with Gasteiger partial charge in [0, 0.05) is 33.7 Å². The minimum absolute atomic E-state index is 0.0867. The molecule has 0 radical (unpaired) electrons. The molecule has 0 saturated heterocycles. The molecule has 0 heterocycles. The van der Waals surface area contributed by atoms with Crippen LogP contribution < -0.4 is 16.0 Å². The lowest BCUT2D eigenvalue weighted by molar-refractivity contribution is -0.142. The predicted octanol–water partition coefficient (Wildman–Crippen LogP) is 0.304. The summed E-state index contributed by atoms with van der Waals surface area (Å²) in [6.45, 7) is 4.53. The number of nitrogens with one attached hydrogen (secondary N) is 3. The first-order chi connectivity index (χ1) is 9.73. The first-order valence-corrected chi connectivity index (χ1v) is 6.93. The van der Waals surface area contributed by atoms with Crippen LogP contribution >= 0.6 is 0 Å². The van der Waals surface area contributed by atoms with Crippen molar-refractivity contribution in [1.82, 2.24) is 20.9 Å². The number of aliphatic carboxylic acids is 1. The Morgan fingerprint density at radius 1 is 1.05 bits per heavy atom. The highest BCUT2D eigenvalue weighted by Crippen LogP contribution is 2.10. The summed E-state index contributed by atoms with van der Waals surface area (Å²) >= 11 is 0. The van der Waals surface area contributed by atoms with Gasteiger partial charge in [-0.1, -0.05) is 13.8 Å². The van der Waals surface area contributed by atoms with Crippen LogP contribution in [0.3, 0.4) is 0 Å². The van der Waals surface area contributed by atoms with Crippen LogP contribution in [-0.2, 0) is 4.79 Å². The van der Waals surface area contributed by atoms with E-state index in [1.54, 1.807) is 14.1 Å². The van der Waals surface area contributed by atoms with Gasteiger partial charge in [-0.05, 0) is 12.3 Å². The summed E-state index contributed by atoms with van der Waals surface area (Å²) in [6, 6.07) is -0.677.